The Balaban J connectivity index is 2.41. The highest BCUT2D eigenvalue weighted by atomic mass is 35.5. The van der Waals surface area contributed by atoms with Gasteiger partial charge in [0, 0.05) is 17.6 Å². The van der Waals surface area contributed by atoms with E-state index in [1.165, 1.54) is 6.08 Å². The summed E-state index contributed by atoms with van der Waals surface area (Å²) in [5.74, 6) is -0.108. The van der Waals surface area contributed by atoms with Gasteiger partial charge in [-0.05, 0) is 36.7 Å². The van der Waals surface area contributed by atoms with Crippen LogP contribution in [0.4, 0.5) is 0 Å². The van der Waals surface area contributed by atoms with Crippen molar-refractivity contribution in [3.8, 4) is 0 Å². The lowest BCUT2D eigenvalue weighted by Crippen LogP contribution is -2.23. The molecule has 0 radical (unpaired) electrons. The van der Waals surface area contributed by atoms with E-state index in [-0.39, 0.29) is 5.91 Å². The summed E-state index contributed by atoms with van der Waals surface area (Å²) in [7, 11) is 0. The summed E-state index contributed by atoms with van der Waals surface area (Å²) < 4.78 is 0. The van der Waals surface area contributed by atoms with E-state index in [0.717, 1.165) is 12.0 Å². The van der Waals surface area contributed by atoms with Gasteiger partial charge in [-0.15, -0.1) is 0 Å². The lowest BCUT2D eigenvalue weighted by atomic mass is 10.2. The number of hydrogen-bond donors (Lipinski definition) is 2. The predicted octanol–water partition coefficient (Wildman–Crippen LogP) is 1.82. The molecule has 0 fully saturated rings. The van der Waals surface area contributed by atoms with Crippen LogP contribution in [-0.2, 0) is 4.79 Å². The Labute approximate surface area is 100 Å². The smallest absolute Gasteiger partial charge is 0.243 e. The number of halogens is 1. The Morgan fingerprint density at radius 1 is 1.38 bits per heavy atom. The molecule has 4 heteroatoms. The van der Waals surface area contributed by atoms with E-state index >= 15 is 0 Å². The van der Waals surface area contributed by atoms with Gasteiger partial charge in [-0.1, -0.05) is 23.7 Å². The van der Waals surface area contributed by atoms with Crippen molar-refractivity contribution in [2.45, 2.75) is 6.42 Å². The number of nitrogens with one attached hydrogen (secondary N) is 1. The molecule has 1 aromatic rings. The van der Waals surface area contributed by atoms with Crippen LogP contribution >= 0.6 is 11.6 Å². The maximum absolute atomic E-state index is 11.3. The molecule has 16 heavy (non-hydrogen) atoms. The van der Waals surface area contributed by atoms with Crippen LogP contribution in [0.2, 0.25) is 5.02 Å². The molecule has 0 aromatic heterocycles. The Bertz CT molecular complexity index is 360. The molecule has 0 atom stereocenters. The van der Waals surface area contributed by atoms with Crippen LogP contribution in [0.25, 0.3) is 6.08 Å². The van der Waals surface area contributed by atoms with Crippen molar-refractivity contribution in [1.82, 2.24) is 5.32 Å². The maximum atomic E-state index is 11.3. The summed E-state index contributed by atoms with van der Waals surface area (Å²) in [6.07, 6.45) is 4.04. The first kappa shape index (κ1) is 12.7. The highest BCUT2D eigenvalue weighted by Crippen LogP contribution is 2.10. The van der Waals surface area contributed by atoms with Crippen molar-refractivity contribution in [2.75, 3.05) is 13.1 Å². The minimum absolute atomic E-state index is 0.108. The average molecular weight is 239 g/mol. The normalized spacial score (nSPS) is 10.6. The van der Waals surface area contributed by atoms with Gasteiger partial charge < -0.3 is 11.1 Å². The molecule has 1 amide bonds. The molecule has 0 unspecified atom stereocenters. The molecular weight excluding hydrogens is 224 g/mol. The second kappa shape index (κ2) is 7.04. The molecule has 0 aliphatic rings. The summed E-state index contributed by atoms with van der Waals surface area (Å²) >= 11 is 5.74. The van der Waals surface area contributed by atoms with E-state index in [1.54, 1.807) is 18.2 Å². The number of amides is 1. The van der Waals surface area contributed by atoms with Crippen LogP contribution < -0.4 is 11.1 Å². The van der Waals surface area contributed by atoms with Gasteiger partial charge in [0.05, 0.1) is 0 Å². The largest absolute Gasteiger partial charge is 0.353 e. The van der Waals surface area contributed by atoms with Crippen molar-refractivity contribution in [1.29, 1.82) is 0 Å². The number of rotatable bonds is 5. The molecular formula is C12H15ClN2O. The summed E-state index contributed by atoms with van der Waals surface area (Å²) in [4.78, 5) is 11.3. The SMILES string of the molecule is NCCCNC(=O)C=Cc1ccc(Cl)cc1. The second-order valence-electron chi connectivity index (χ2n) is 3.32. The zero-order valence-corrected chi connectivity index (χ0v) is 9.70. The molecule has 3 nitrogen and oxygen atoms in total. The van der Waals surface area contributed by atoms with Crippen LogP contribution in [0.3, 0.4) is 0 Å². The van der Waals surface area contributed by atoms with Gasteiger partial charge in [0.1, 0.15) is 0 Å². The molecule has 0 saturated heterocycles. The summed E-state index contributed by atoms with van der Waals surface area (Å²) in [5, 5.41) is 3.42. The van der Waals surface area contributed by atoms with Crippen molar-refractivity contribution in [2.24, 2.45) is 5.73 Å². The first-order valence-corrected chi connectivity index (χ1v) is 5.51. The Hall–Kier alpha value is -1.32. The number of carbonyl (C=O) groups is 1. The highest BCUT2D eigenvalue weighted by Gasteiger charge is 1.93. The molecule has 0 spiro atoms. The molecule has 0 aliphatic heterocycles. The van der Waals surface area contributed by atoms with Crippen LogP contribution in [-0.4, -0.2) is 19.0 Å². The van der Waals surface area contributed by atoms with Gasteiger partial charge in [0.2, 0.25) is 5.91 Å². The highest BCUT2D eigenvalue weighted by molar-refractivity contribution is 6.30. The van der Waals surface area contributed by atoms with Crippen LogP contribution in [0.15, 0.2) is 30.3 Å². The molecule has 1 aromatic carbocycles. The molecule has 0 aliphatic carbocycles. The standard InChI is InChI=1S/C12H15ClN2O/c13-11-5-2-10(3-6-11)4-7-12(16)15-9-1-8-14/h2-7H,1,8-9,14H2,(H,15,16). The van der Waals surface area contributed by atoms with Gasteiger partial charge in [-0.2, -0.15) is 0 Å². The minimum atomic E-state index is -0.108. The van der Waals surface area contributed by atoms with Crippen molar-refractivity contribution >= 4 is 23.6 Å². The Kier molecular flexibility index (Phi) is 5.61. The quantitative estimate of drug-likeness (QED) is 0.607. The number of nitrogens with two attached hydrogens (primary N) is 1. The molecule has 0 bridgehead atoms. The fourth-order valence-corrected chi connectivity index (χ4v) is 1.24. The van der Waals surface area contributed by atoms with E-state index < -0.39 is 0 Å². The molecule has 3 N–H and O–H groups in total. The van der Waals surface area contributed by atoms with E-state index in [9.17, 15) is 4.79 Å². The van der Waals surface area contributed by atoms with E-state index in [2.05, 4.69) is 5.32 Å². The number of benzene rings is 1. The monoisotopic (exact) mass is 238 g/mol. The zero-order chi connectivity index (χ0) is 11.8. The third-order valence-electron chi connectivity index (χ3n) is 1.98. The zero-order valence-electron chi connectivity index (χ0n) is 8.95. The fraction of sp³-hybridized carbons (Fsp3) is 0.250. The third kappa shape index (κ3) is 4.96. The first-order valence-electron chi connectivity index (χ1n) is 5.14. The molecule has 0 heterocycles. The Morgan fingerprint density at radius 3 is 2.69 bits per heavy atom. The third-order valence-corrected chi connectivity index (χ3v) is 2.23. The van der Waals surface area contributed by atoms with Gasteiger partial charge in [-0.25, -0.2) is 0 Å². The van der Waals surface area contributed by atoms with Gasteiger partial charge >= 0.3 is 0 Å². The topological polar surface area (TPSA) is 55.1 Å². The van der Waals surface area contributed by atoms with E-state index in [4.69, 9.17) is 17.3 Å². The van der Waals surface area contributed by atoms with Gasteiger partial charge in [-0.3, -0.25) is 4.79 Å². The number of hydrogen-bond acceptors (Lipinski definition) is 2. The fourth-order valence-electron chi connectivity index (χ4n) is 1.12. The van der Waals surface area contributed by atoms with Gasteiger partial charge in [0.15, 0.2) is 0 Å². The van der Waals surface area contributed by atoms with Gasteiger partial charge in [0.25, 0.3) is 0 Å². The van der Waals surface area contributed by atoms with Crippen LogP contribution in [0, 0.1) is 0 Å². The molecule has 0 saturated carbocycles. The van der Waals surface area contributed by atoms with E-state index in [1.807, 2.05) is 12.1 Å². The van der Waals surface area contributed by atoms with E-state index in [0.29, 0.717) is 18.1 Å². The lowest BCUT2D eigenvalue weighted by molar-refractivity contribution is -0.116. The van der Waals surface area contributed by atoms with Crippen LogP contribution in [0.1, 0.15) is 12.0 Å². The molecule has 1 rings (SSSR count). The summed E-state index contributed by atoms with van der Waals surface area (Å²) in [6, 6.07) is 7.28. The van der Waals surface area contributed by atoms with Crippen molar-refractivity contribution in [3.63, 3.8) is 0 Å². The average Bonchev–Trinajstić information content (AvgIpc) is 2.29. The predicted molar refractivity (Wildman–Crippen MR) is 67.2 cm³/mol. The van der Waals surface area contributed by atoms with Crippen molar-refractivity contribution < 1.29 is 4.79 Å². The van der Waals surface area contributed by atoms with Crippen molar-refractivity contribution in [3.05, 3.63) is 40.9 Å². The maximum Gasteiger partial charge on any atom is 0.243 e. The number of carbonyl (C=O) groups excluding carboxylic acids is 1. The minimum Gasteiger partial charge on any atom is -0.353 e. The first-order chi connectivity index (χ1) is 7.72. The Morgan fingerprint density at radius 2 is 2.06 bits per heavy atom. The summed E-state index contributed by atoms with van der Waals surface area (Å²) in [5.41, 5.74) is 6.26. The lowest BCUT2D eigenvalue weighted by Gasteiger charge is -1.99. The molecule has 86 valence electrons. The second-order valence-corrected chi connectivity index (χ2v) is 3.75. The summed E-state index contributed by atoms with van der Waals surface area (Å²) in [6.45, 7) is 1.20. The van der Waals surface area contributed by atoms with Crippen LogP contribution in [0.5, 0.6) is 0 Å².